The molecular formula is C13H20N2OS. The molecule has 0 spiro atoms. The molecule has 0 aliphatic heterocycles. The molecule has 1 amide bonds. The summed E-state index contributed by atoms with van der Waals surface area (Å²) in [6.07, 6.45) is 1.74. The van der Waals surface area contributed by atoms with Crippen LogP contribution in [0.1, 0.15) is 24.8 Å². The van der Waals surface area contributed by atoms with E-state index in [2.05, 4.69) is 37.1 Å². The van der Waals surface area contributed by atoms with Gasteiger partial charge in [0, 0.05) is 11.4 Å². The average Bonchev–Trinajstić information content (AvgIpc) is 2.79. The maximum Gasteiger partial charge on any atom is 0.234 e. The molecule has 0 fully saturated rings. The molecule has 1 rings (SSSR count). The minimum atomic E-state index is 0.0268. The number of amides is 1. The molecule has 94 valence electrons. The molecule has 17 heavy (non-hydrogen) atoms. The zero-order chi connectivity index (χ0) is 12.7. The molecule has 1 unspecified atom stereocenters. The smallest absolute Gasteiger partial charge is 0.234 e. The monoisotopic (exact) mass is 252 g/mol. The van der Waals surface area contributed by atoms with Gasteiger partial charge in [0.15, 0.2) is 0 Å². The molecule has 0 aliphatic carbocycles. The van der Waals surface area contributed by atoms with Crippen molar-refractivity contribution in [3.8, 4) is 0 Å². The second-order valence-electron chi connectivity index (χ2n) is 4.22. The number of nitrogens with one attached hydrogen (secondary N) is 2. The van der Waals surface area contributed by atoms with E-state index in [0.29, 0.717) is 19.0 Å². The number of thiophene rings is 1. The van der Waals surface area contributed by atoms with E-state index in [1.165, 1.54) is 4.88 Å². The maximum absolute atomic E-state index is 11.7. The highest BCUT2D eigenvalue weighted by molar-refractivity contribution is 7.10. The Morgan fingerprint density at radius 2 is 2.35 bits per heavy atom. The third-order valence-corrected chi connectivity index (χ3v) is 3.36. The van der Waals surface area contributed by atoms with Crippen LogP contribution in [0, 0.1) is 5.92 Å². The lowest BCUT2D eigenvalue weighted by Crippen LogP contribution is -2.37. The van der Waals surface area contributed by atoms with Gasteiger partial charge in [-0.2, -0.15) is 0 Å². The minimum Gasteiger partial charge on any atom is -0.347 e. The van der Waals surface area contributed by atoms with Gasteiger partial charge in [-0.25, -0.2) is 0 Å². The second-order valence-corrected chi connectivity index (χ2v) is 5.20. The summed E-state index contributed by atoms with van der Waals surface area (Å²) in [5.74, 6) is 0.413. The molecule has 1 heterocycles. The van der Waals surface area contributed by atoms with E-state index in [-0.39, 0.29) is 11.9 Å². The molecule has 3 nitrogen and oxygen atoms in total. The Kier molecular flexibility index (Phi) is 5.94. The lowest BCUT2D eigenvalue weighted by molar-refractivity contribution is -0.121. The first-order valence-electron chi connectivity index (χ1n) is 5.79. The van der Waals surface area contributed by atoms with Gasteiger partial charge in [-0.3, -0.25) is 4.79 Å². The molecule has 0 saturated heterocycles. The fourth-order valence-electron chi connectivity index (χ4n) is 1.55. The zero-order valence-electron chi connectivity index (χ0n) is 10.4. The van der Waals surface area contributed by atoms with Crippen LogP contribution in [0.25, 0.3) is 0 Å². The lowest BCUT2D eigenvalue weighted by Gasteiger charge is -2.21. The summed E-state index contributed by atoms with van der Waals surface area (Å²) in [5, 5.41) is 8.08. The third kappa shape index (κ3) is 4.71. The summed E-state index contributed by atoms with van der Waals surface area (Å²) >= 11 is 1.68. The Morgan fingerprint density at radius 1 is 1.59 bits per heavy atom. The number of hydrogen-bond acceptors (Lipinski definition) is 3. The summed E-state index contributed by atoms with van der Waals surface area (Å²) in [6.45, 7) is 8.81. The van der Waals surface area contributed by atoms with Crippen LogP contribution in [0.15, 0.2) is 30.2 Å². The van der Waals surface area contributed by atoms with Crippen LogP contribution in [-0.4, -0.2) is 19.0 Å². The molecular weight excluding hydrogens is 232 g/mol. The minimum absolute atomic E-state index is 0.0268. The van der Waals surface area contributed by atoms with Gasteiger partial charge in [-0.15, -0.1) is 17.9 Å². The van der Waals surface area contributed by atoms with Crippen molar-refractivity contribution in [2.24, 2.45) is 5.92 Å². The van der Waals surface area contributed by atoms with Crippen molar-refractivity contribution in [3.05, 3.63) is 35.0 Å². The summed E-state index contributed by atoms with van der Waals surface area (Å²) in [6, 6.07) is 4.18. The van der Waals surface area contributed by atoms with Crippen molar-refractivity contribution in [1.29, 1.82) is 0 Å². The van der Waals surface area contributed by atoms with Gasteiger partial charge in [0.05, 0.1) is 12.6 Å². The molecule has 0 aromatic carbocycles. The predicted octanol–water partition coefficient (Wildman–Crippen LogP) is 2.34. The highest BCUT2D eigenvalue weighted by Crippen LogP contribution is 2.25. The predicted molar refractivity (Wildman–Crippen MR) is 73.1 cm³/mol. The fourth-order valence-corrected chi connectivity index (χ4v) is 2.50. The van der Waals surface area contributed by atoms with E-state index >= 15 is 0 Å². The number of hydrogen-bond donors (Lipinski definition) is 2. The standard InChI is InChI=1S/C13H20N2OS/c1-4-7-14-9-12(16)15-13(10(2)3)11-6-5-8-17-11/h4-6,8,10,13-14H,1,7,9H2,2-3H3,(H,15,16). The largest absolute Gasteiger partial charge is 0.347 e. The normalized spacial score (nSPS) is 12.4. The van der Waals surface area contributed by atoms with Gasteiger partial charge in [0.25, 0.3) is 0 Å². The van der Waals surface area contributed by atoms with E-state index in [1.54, 1.807) is 17.4 Å². The van der Waals surface area contributed by atoms with Crippen LogP contribution >= 0.6 is 11.3 Å². The van der Waals surface area contributed by atoms with Crippen molar-refractivity contribution in [3.63, 3.8) is 0 Å². The third-order valence-electron chi connectivity index (χ3n) is 2.41. The zero-order valence-corrected chi connectivity index (χ0v) is 11.2. The Labute approximate surface area is 107 Å². The Balaban J connectivity index is 2.50. The van der Waals surface area contributed by atoms with Gasteiger partial charge >= 0.3 is 0 Å². The summed E-state index contributed by atoms with van der Waals surface area (Å²) in [7, 11) is 0. The summed E-state index contributed by atoms with van der Waals surface area (Å²) < 4.78 is 0. The molecule has 2 N–H and O–H groups in total. The van der Waals surface area contributed by atoms with Crippen molar-refractivity contribution >= 4 is 17.2 Å². The van der Waals surface area contributed by atoms with E-state index in [4.69, 9.17) is 0 Å². The highest BCUT2D eigenvalue weighted by Gasteiger charge is 2.18. The van der Waals surface area contributed by atoms with Crippen LogP contribution in [0.5, 0.6) is 0 Å². The van der Waals surface area contributed by atoms with E-state index < -0.39 is 0 Å². The lowest BCUT2D eigenvalue weighted by atomic mass is 10.0. The maximum atomic E-state index is 11.7. The molecule has 0 bridgehead atoms. The van der Waals surface area contributed by atoms with Crippen LogP contribution < -0.4 is 10.6 Å². The fraction of sp³-hybridized carbons (Fsp3) is 0.462. The highest BCUT2D eigenvalue weighted by atomic mass is 32.1. The van der Waals surface area contributed by atoms with E-state index in [9.17, 15) is 4.79 Å². The number of carbonyl (C=O) groups is 1. The van der Waals surface area contributed by atoms with Gasteiger partial charge < -0.3 is 10.6 Å². The van der Waals surface area contributed by atoms with Crippen LogP contribution in [0.2, 0.25) is 0 Å². The van der Waals surface area contributed by atoms with Gasteiger partial charge in [0.1, 0.15) is 0 Å². The number of rotatable bonds is 7. The average molecular weight is 252 g/mol. The van der Waals surface area contributed by atoms with Gasteiger partial charge in [0.2, 0.25) is 5.91 Å². The van der Waals surface area contributed by atoms with E-state index in [1.807, 2.05) is 11.4 Å². The first kappa shape index (κ1) is 13.9. The second kappa shape index (κ2) is 7.25. The van der Waals surface area contributed by atoms with Gasteiger partial charge in [-0.1, -0.05) is 26.0 Å². The Bertz CT molecular complexity index is 346. The number of carbonyl (C=O) groups excluding carboxylic acids is 1. The Morgan fingerprint density at radius 3 is 2.88 bits per heavy atom. The van der Waals surface area contributed by atoms with Crippen molar-refractivity contribution in [2.45, 2.75) is 19.9 Å². The van der Waals surface area contributed by atoms with Gasteiger partial charge in [-0.05, 0) is 17.4 Å². The van der Waals surface area contributed by atoms with Crippen molar-refractivity contribution < 1.29 is 4.79 Å². The van der Waals surface area contributed by atoms with Crippen molar-refractivity contribution in [2.75, 3.05) is 13.1 Å². The summed E-state index contributed by atoms with van der Waals surface area (Å²) in [5.41, 5.74) is 0. The van der Waals surface area contributed by atoms with E-state index in [0.717, 1.165) is 0 Å². The molecule has 0 saturated carbocycles. The molecule has 0 aliphatic rings. The quantitative estimate of drug-likeness (QED) is 0.577. The van der Waals surface area contributed by atoms with Crippen molar-refractivity contribution in [1.82, 2.24) is 10.6 Å². The summed E-state index contributed by atoms with van der Waals surface area (Å²) in [4.78, 5) is 12.9. The Hall–Kier alpha value is -1.13. The van der Waals surface area contributed by atoms with Crippen LogP contribution in [-0.2, 0) is 4.79 Å². The molecule has 1 aromatic rings. The molecule has 4 heteroatoms. The molecule has 1 atom stereocenters. The molecule has 0 radical (unpaired) electrons. The molecule has 1 aromatic heterocycles. The topological polar surface area (TPSA) is 41.1 Å². The van der Waals surface area contributed by atoms with Crippen LogP contribution in [0.4, 0.5) is 0 Å². The first-order chi connectivity index (χ1) is 8.15. The van der Waals surface area contributed by atoms with Crippen LogP contribution in [0.3, 0.4) is 0 Å². The first-order valence-corrected chi connectivity index (χ1v) is 6.67. The SMILES string of the molecule is C=CCNCC(=O)NC(c1cccs1)C(C)C.